The van der Waals surface area contributed by atoms with Gasteiger partial charge in [-0.1, -0.05) is 40.2 Å². The molecule has 2 rings (SSSR count). The smallest absolute Gasteiger partial charge is 0.262 e. The summed E-state index contributed by atoms with van der Waals surface area (Å²) in [6, 6.07) is 14.6. The van der Waals surface area contributed by atoms with Crippen molar-refractivity contribution in [1.82, 2.24) is 5.43 Å². The molecule has 0 aliphatic heterocycles. The molecule has 23 heavy (non-hydrogen) atoms. The fourth-order valence-corrected chi connectivity index (χ4v) is 2.14. The van der Waals surface area contributed by atoms with Crippen LogP contribution in [-0.4, -0.2) is 25.3 Å². The van der Waals surface area contributed by atoms with Crippen molar-refractivity contribution in [2.75, 3.05) is 12.4 Å². The van der Waals surface area contributed by atoms with E-state index in [1.807, 2.05) is 48.5 Å². The van der Waals surface area contributed by atoms with Crippen molar-refractivity contribution in [2.45, 2.75) is 13.0 Å². The quantitative estimate of drug-likeness (QED) is 0.600. The number of halogens is 1. The SMILES string of the molecule is COc1ccccc1NC(C)C(=O)N/N=C/c1ccc(Br)cc1. The Morgan fingerprint density at radius 3 is 2.61 bits per heavy atom. The number of hydrogen-bond donors (Lipinski definition) is 2. The van der Waals surface area contributed by atoms with Crippen LogP contribution in [0.5, 0.6) is 5.75 Å². The van der Waals surface area contributed by atoms with Gasteiger partial charge in [0.1, 0.15) is 11.8 Å². The molecule has 0 radical (unpaired) electrons. The molecular formula is C17H18BrN3O2. The summed E-state index contributed by atoms with van der Waals surface area (Å²) in [6.07, 6.45) is 1.60. The number of benzene rings is 2. The van der Waals surface area contributed by atoms with Crippen molar-refractivity contribution in [3.05, 3.63) is 58.6 Å². The topological polar surface area (TPSA) is 62.7 Å². The summed E-state index contributed by atoms with van der Waals surface area (Å²) in [7, 11) is 1.59. The number of hydrazone groups is 1. The molecule has 0 saturated carbocycles. The first-order valence-electron chi connectivity index (χ1n) is 7.08. The minimum atomic E-state index is -0.451. The number of nitrogens with zero attached hydrogens (tertiary/aromatic N) is 1. The zero-order chi connectivity index (χ0) is 16.7. The van der Waals surface area contributed by atoms with Gasteiger partial charge < -0.3 is 10.1 Å². The monoisotopic (exact) mass is 375 g/mol. The van der Waals surface area contributed by atoms with Crippen molar-refractivity contribution in [3.8, 4) is 5.75 Å². The van der Waals surface area contributed by atoms with E-state index >= 15 is 0 Å². The fraction of sp³-hybridized carbons (Fsp3) is 0.176. The van der Waals surface area contributed by atoms with E-state index in [1.165, 1.54) is 0 Å². The van der Waals surface area contributed by atoms with Gasteiger partial charge >= 0.3 is 0 Å². The molecule has 1 amide bonds. The lowest BCUT2D eigenvalue weighted by Crippen LogP contribution is -2.35. The molecule has 0 aliphatic carbocycles. The highest BCUT2D eigenvalue weighted by atomic mass is 79.9. The molecule has 120 valence electrons. The highest BCUT2D eigenvalue weighted by Gasteiger charge is 2.13. The number of anilines is 1. The maximum Gasteiger partial charge on any atom is 0.262 e. The van der Waals surface area contributed by atoms with Gasteiger partial charge in [0.25, 0.3) is 5.91 Å². The first-order valence-corrected chi connectivity index (χ1v) is 7.87. The molecule has 0 bridgehead atoms. The van der Waals surface area contributed by atoms with Crippen LogP contribution in [0.15, 0.2) is 58.1 Å². The van der Waals surface area contributed by atoms with Gasteiger partial charge in [-0.15, -0.1) is 0 Å². The Morgan fingerprint density at radius 1 is 1.22 bits per heavy atom. The number of hydrogen-bond acceptors (Lipinski definition) is 4. The number of amides is 1. The van der Waals surface area contributed by atoms with Gasteiger partial charge in [0.15, 0.2) is 0 Å². The fourth-order valence-electron chi connectivity index (χ4n) is 1.88. The molecule has 2 aromatic rings. The number of ether oxygens (including phenoxy) is 1. The van der Waals surface area contributed by atoms with Crippen molar-refractivity contribution in [3.63, 3.8) is 0 Å². The number of methoxy groups -OCH3 is 1. The summed E-state index contributed by atoms with van der Waals surface area (Å²) in [5.41, 5.74) is 4.18. The molecule has 6 heteroatoms. The Labute approximate surface area is 143 Å². The van der Waals surface area contributed by atoms with Crippen LogP contribution in [-0.2, 0) is 4.79 Å². The van der Waals surface area contributed by atoms with Crippen LogP contribution in [0.1, 0.15) is 12.5 Å². The average molecular weight is 376 g/mol. The Morgan fingerprint density at radius 2 is 1.91 bits per heavy atom. The predicted octanol–water partition coefficient (Wildman–Crippen LogP) is 3.41. The van der Waals surface area contributed by atoms with E-state index < -0.39 is 6.04 Å². The van der Waals surface area contributed by atoms with Crippen LogP contribution in [0.4, 0.5) is 5.69 Å². The second-order valence-corrected chi connectivity index (χ2v) is 5.77. The molecular weight excluding hydrogens is 358 g/mol. The zero-order valence-electron chi connectivity index (χ0n) is 12.9. The molecule has 0 aliphatic rings. The molecule has 0 aromatic heterocycles. The predicted molar refractivity (Wildman–Crippen MR) is 96.0 cm³/mol. The standard InChI is InChI=1S/C17H18BrN3O2/c1-12(20-15-5-3-4-6-16(15)23-2)17(22)21-19-11-13-7-9-14(18)10-8-13/h3-12,20H,1-2H3,(H,21,22)/b19-11+. The number of carbonyl (C=O) groups excluding carboxylic acids is 1. The molecule has 2 N–H and O–H groups in total. The van der Waals surface area contributed by atoms with Gasteiger partial charge in [-0.05, 0) is 36.8 Å². The van der Waals surface area contributed by atoms with Gasteiger partial charge in [-0.2, -0.15) is 5.10 Å². The first-order chi connectivity index (χ1) is 11.1. The minimum absolute atomic E-state index is 0.232. The minimum Gasteiger partial charge on any atom is -0.495 e. The Balaban J connectivity index is 1.91. The molecule has 2 aromatic carbocycles. The third-order valence-corrected chi connectivity index (χ3v) is 3.66. The van der Waals surface area contributed by atoms with Crippen molar-refractivity contribution < 1.29 is 9.53 Å². The van der Waals surface area contributed by atoms with E-state index in [2.05, 4.69) is 31.8 Å². The lowest BCUT2D eigenvalue weighted by molar-refractivity contribution is -0.121. The molecule has 1 atom stereocenters. The van der Waals surface area contributed by atoms with E-state index in [0.717, 1.165) is 15.7 Å². The Hall–Kier alpha value is -2.34. The summed E-state index contributed by atoms with van der Waals surface area (Å²) in [4.78, 5) is 12.1. The van der Waals surface area contributed by atoms with Crippen molar-refractivity contribution in [1.29, 1.82) is 0 Å². The number of para-hydroxylation sites is 2. The van der Waals surface area contributed by atoms with Gasteiger partial charge in [0.05, 0.1) is 19.0 Å². The summed E-state index contributed by atoms with van der Waals surface area (Å²) in [5.74, 6) is 0.454. The van der Waals surface area contributed by atoms with Crippen LogP contribution >= 0.6 is 15.9 Å². The Bertz CT molecular complexity index is 686. The molecule has 5 nitrogen and oxygen atoms in total. The largest absolute Gasteiger partial charge is 0.495 e. The molecule has 0 saturated heterocycles. The number of carbonyl (C=O) groups is 1. The van der Waals surface area contributed by atoms with E-state index in [1.54, 1.807) is 20.2 Å². The van der Waals surface area contributed by atoms with E-state index in [9.17, 15) is 4.79 Å². The zero-order valence-corrected chi connectivity index (χ0v) is 14.5. The third kappa shape index (κ3) is 5.10. The second kappa shape index (κ2) is 8.33. The van der Waals surface area contributed by atoms with Gasteiger partial charge in [0, 0.05) is 4.47 Å². The van der Waals surface area contributed by atoms with Crippen molar-refractivity contribution in [2.24, 2.45) is 5.10 Å². The normalized spacial score (nSPS) is 12.0. The van der Waals surface area contributed by atoms with Gasteiger partial charge in [0.2, 0.25) is 0 Å². The van der Waals surface area contributed by atoms with Gasteiger partial charge in [-0.3, -0.25) is 4.79 Å². The van der Waals surface area contributed by atoms with E-state index in [0.29, 0.717) is 5.75 Å². The summed E-state index contributed by atoms with van der Waals surface area (Å²) in [5, 5.41) is 7.07. The molecule has 0 fully saturated rings. The van der Waals surface area contributed by atoms with Crippen LogP contribution in [0.2, 0.25) is 0 Å². The molecule has 0 spiro atoms. The second-order valence-electron chi connectivity index (χ2n) is 4.85. The lowest BCUT2D eigenvalue weighted by Gasteiger charge is -2.15. The Kier molecular flexibility index (Phi) is 6.17. The highest BCUT2D eigenvalue weighted by molar-refractivity contribution is 9.10. The summed E-state index contributed by atoms with van der Waals surface area (Å²) in [6.45, 7) is 1.76. The number of rotatable bonds is 6. The lowest BCUT2D eigenvalue weighted by atomic mass is 10.2. The van der Waals surface area contributed by atoms with E-state index in [4.69, 9.17) is 4.74 Å². The molecule has 0 heterocycles. The summed E-state index contributed by atoms with van der Waals surface area (Å²) >= 11 is 3.37. The van der Waals surface area contributed by atoms with Gasteiger partial charge in [-0.25, -0.2) is 5.43 Å². The maximum absolute atomic E-state index is 12.1. The summed E-state index contributed by atoms with van der Waals surface area (Å²) < 4.78 is 6.24. The maximum atomic E-state index is 12.1. The molecule has 1 unspecified atom stereocenters. The van der Waals surface area contributed by atoms with Crippen LogP contribution in [0.3, 0.4) is 0 Å². The van der Waals surface area contributed by atoms with Crippen LogP contribution in [0.25, 0.3) is 0 Å². The van der Waals surface area contributed by atoms with Crippen molar-refractivity contribution >= 4 is 33.7 Å². The third-order valence-electron chi connectivity index (χ3n) is 3.13. The first kappa shape index (κ1) is 17.0. The number of nitrogens with one attached hydrogen (secondary N) is 2. The van der Waals surface area contributed by atoms with Crippen LogP contribution in [0, 0.1) is 0 Å². The highest BCUT2D eigenvalue weighted by Crippen LogP contribution is 2.23. The van der Waals surface area contributed by atoms with Crippen LogP contribution < -0.4 is 15.5 Å². The van der Waals surface area contributed by atoms with E-state index in [-0.39, 0.29) is 5.91 Å². The average Bonchev–Trinajstić information content (AvgIpc) is 2.57.